The zero-order valence-corrected chi connectivity index (χ0v) is 13.0. The second kappa shape index (κ2) is 6.82. The van der Waals surface area contributed by atoms with E-state index in [9.17, 15) is 4.79 Å². The molecule has 0 bridgehead atoms. The molecule has 0 radical (unpaired) electrons. The lowest BCUT2D eigenvalue weighted by molar-refractivity contribution is -0.124. The average molecular weight is 297 g/mol. The molecule has 0 spiro atoms. The molecule has 1 amide bonds. The van der Waals surface area contributed by atoms with Crippen molar-refractivity contribution < 1.29 is 9.53 Å². The van der Waals surface area contributed by atoms with Crippen LogP contribution in [0, 0.1) is 5.92 Å². The lowest BCUT2D eigenvalue weighted by Gasteiger charge is -2.29. The molecule has 3 rings (SSSR count). The molecule has 116 valence electrons. The molecule has 1 fully saturated rings. The molecule has 0 aromatic heterocycles. The number of hydrogen-bond acceptors (Lipinski definition) is 2. The van der Waals surface area contributed by atoms with Crippen LogP contribution in [-0.4, -0.2) is 18.6 Å². The predicted octanol–water partition coefficient (Wildman–Crippen LogP) is 3.91. The van der Waals surface area contributed by atoms with Crippen molar-refractivity contribution in [3.63, 3.8) is 0 Å². The van der Waals surface area contributed by atoms with Gasteiger partial charge in [-0.25, -0.2) is 0 Å². The van der Waals surface area contributed by atoms with E-state index >= 15 is 0 Å². The van der Waals surface area contributed by atoms with Crippen molar-refractivity contribution >= 4 is 16.7 Å². The third kappa shape index (κ3) is 3.41. The summed E-state index contributed by atoms with van der Waals surface area (Å²) in [6.45, 7) is 2.30. The van der Waals surface area contributed by atoms with Gasteiger partial charge in [-0.1, -0.05) is 56.2 Å². The van der Waals surface area contributed by atoms with Crippen molar-refractivity contribution in [3.05, 3.63) is 42.5 Å². The highest BCUT2D eigenvalue weighted by Gasteiger charge is 2.22. The molecule has 2 aromatic rings. The summed E-state index contributed by atoms with van der Waals surface area (Å²) < 4.78 is 5.75. The minimum Gasteiger partial charge on any atom is -0.483 e. The van der Waals surface area contributed by atoms with Gasteiger partial charge >= 0.3 is 0 Å². The zero-order valence-electron chi connectivity index (χ0n) is 13.0. The maximum atomic E-state index is 12.1. The molecule has 0 saturated heterocycles. The smallest absolute Gasteiger partial charge is 0.258 e. The quantitative estimate of drug-likeness (QED) is 0.929. The lowest BCUT2D eigenvalue weighted by atomic mass is 9.86. The second-order valence-corrected chi connectivity index (χ2v) is 6.20. The second-order valence-electron chi connectivity index (χ2n) is 6.20. The number of nitrogens with one attached hydrogen (secondary N) is 1. The number of carbonyl (C=O) groups excluding carboxylic acids is 1. The summed E-state index contributed by atoms with van der Waals surface area (Å²) in [5.74, 6) is 1.31. The molecule has 0 aliphatic heterocycles. The van der Waals surface area contributed by atoms with Gasteiger partial charge in [0.2, 0.25) is 0 Å². The maximum Gasteiger partial charge on any atom is 0.258 e. The van der Waals surface area contributed by atoms with E-state index in [4.69, 9.17) is 4.74 Å². The summed E-state index contributed by atoms with van der Waals surface area (Å²) >= 11 is 0. The van der Waals surface area contributed by atoms with Crippen LogP contribution < -0.4 is 10.1 Å². The normalized spacial score (nSPS) is 21.5. The molecule has 3 nitrogen and oxygen atoms in total. The van der Waals surface area contributed by atoms with Crippen molar-refractivity contribution in [2.75, 3.05) is 6.61 Å². The molecular weight excluding hydrogens is 274 g/mol. The number of hydrogen-bond donors (Lipinski definition) is 1. The Kier molecular flexibility index (Phi) is 4.62. The molecule has 0 heterocycles. The predicted molar refractivity (Wildman–Crippen MR) is 89.0 cm³/mol. The van der Waals surface area contributed by atoms with Crippen molar-refractivity contribution in [3.8, 4) is 5.75 Å². The highest BCUT2D eigenvalue weighted by molar-refractivity contribution is 5.88. The molecule has 3 heteroatoms. The van der Waals surface area contributed by atoms with E-state index < -0.39 is 0 Å². The van der Waals surface area contributed by atoms with Crippen LogP contribution in [0.15, 0.2) is 42.5 Å². The molecule has 22 heavy (non-hydrogen) atoms. The molecule has 2 atom stereocenters. The van der Waals surface area contributed by atoms with E-state index in [0.717, 1.165) is 22.9 Å². The number of benzene rings is 2. The molecule has 1 N–H and O–H groups in total. The Bertz CT molecular complexity index is 647. The fraction of sp³-hybridized carbons (Fsp3) is 0.421. The fourth-order valence-electron chi connectivity index (χ4n) is 3.24. The largest absolute Gasteiger partial charge is 0.483 e. The Morgan fingerprint density at radius 2 is 1.91 bits per heavy atom. The number of carbonyl (C=O) groups is 1. The first-order valence-corrected chi connectivity index (χ1v) is 8.14. The van der Waals surface area contributed by atoms with Crippen LogP contribution in [-0.2, 0) is 4.79 Å². The third-order valence-corrected chi connectivity index (χ3v) is 4.57. The average Bonchev–Trinajstić information content (AvgIpc) is 2.55. The van der Waals surface area contributed by atoms with E-state index in [1.165, 1.54) is 19.3 Å². The standard InChI is InChI=1S/C19H23NO2/c1-14-7-2-5-11-17(14)20-19(21)13-22-18-12-6-9-15-8-3-4-10-16(15)18/h3-4,6,8-10,12,14,17H,2,5,7,11,13H2,1H3,(H,20,21)/t14-,17+/m1/s1. The summed E-state index contributed by atoms with van der Waals surface area (Å²) in [7, 11) is 0. The first-order chi connectivity index (χ1) is 10.7. The molecule has 1 aliphatic rings. The van der Waals surface area contributed by atoms with Crippen LogP contribution >= 0.6 is 0 Å². The highest BCUT2D eigenvalue weighted by atomic mass is 16.5. The molecule has 1 saturated carbocycles. The van der Waals surface area contributed by atoms with Gasteiger partial charge in [0.1, 0.15) is 5.75 Å². The molecule has 0 unspecified atom stereocenters. The van der Waals surface area contributed by atoms with Gasteiger partial charge in [0.25, 0.3) is 5.91 Å². The SMILES string of the molecule is C[C@@H]1CCCC[C@@H]1NC(=O)COc1cccc2ccccc12. The highest BCUT2D eigenvalue weighted by Crippen LogP contribution is 2.25. The van der Waals surface area contributed by atoms with Crippen LogP contribution in [0.3, 0.4) is 0 Å². The molecule has 2 aromatic carbocycles. The van der Waals surface area contributed by atoms with Gasteiger partial charge in [0.15, 0.2) is 6.61 Å². The van der Waals surface area contributed by atoms with E-state index in [-0.39, 0.29) is 12.5 Å². The third-order valence-electron chi connectivity index (χ3n) is 4.57. The minimum atomic E-state index is -0.0216. The summed E-state index contributed by atoms with van der Waals surface area (Å²) in [5, 5.41) is 5.29. The summed E-state index contributed by atoms with van der Waals surface area (Å²) in [6.07, 6.45) is 4.77. The zero-order chi connectivity index (χ0) is 15.4. The van der Waals surface area contributed by atoms with Crippen molar-refractivity contribution in [1.82, 2.24) is 5.32 Å². The number of rotatable bonds is 4. The Morgan fingerprint density at radius 1 is 1.14 bits per heavy atom. The number of amides is 1. The van der Waals surface area contributed by atoms with E-state index in [1.807, 2.05) is 42.5 Å². The van der Waals surface area contributed by atoms with Gasteiger partial charge in [-0.05, 0) is 30.2 Å². The van der Waals surface area contributed by atoms with E-state index in [0.29, 0.717) is 12.0 Å². The van der Waals surface area contributed by atoms with E-state index in [1.54, 1.807) is 0 Å². The summed E-state index contributed by atoms with van der Waals surface area (Å²) in [6, 6.07) is 14.3. The summed E-state index contributed by atoms with van der Waals surface area (Å²) in [5.41, 5.74) is 0. The van der Waals surface area contributed by atoms with Gasteiger partial charge < -0.3 is 10.1 Å². The Labute approximate surface area is 131 Å². The van der Waals surface area contributed by atoms with Crippen molar-refractivity contribution in [1.29, 1.82) is 0 Å². The lowest BCUT2D eigenvalue weighted by Crippen LogP contribution is -2.43. The van der Waals surface area contributed by atoms with E-state index in [2.05, 4.69) is 12.2 Å². The van der Waals surface area contributed by atoms with Gasteiger partial charge in [-0.2, -0.15) is 0 Å². The van der Waals surface area contributed by atoms with Crippen LogP contribution in [0.1, 0.15) is 32.6 Å². The number of fused-ring (bicyclic) bond motifs is 1. The Hall–Kier alpha value is -2.03. The van der Waals surface area contributed by atoms with Crippen LogP contribution in [0.4, 0.5) is 0 Å². The summed E-state index contributed by atoms with van der Waals surface area (Å²) in [4.78, 5) is 12.1. The van der Waals surface area contributed by atoms with Crippen molar-refractivity contribution in [2.45, 2.75) is 38.6 Å². The number of ether oxygens (including phenoxy) is 1. The molecule has 1 aliphatic carbocycles. The monoisotopic (exact) mass is 297 g/mol. The Morgan fingerprint density at radius 3 is 2.77 bits per heavy atom. The van der Waals surface area contributed by atoms with Crippen molar-refractivity contribution in [2.24, 2.45) is 5.92 Å². The fourth-order valence-corrected chi connectivity index (χ4v) is 3.24. The Balaban J connectivity index is 1.60. The maximum absolute atomic E-state index is 12.1. The van der Waals surface area contributed by atoms with Crippen LogP contribution in [0.2, 0.25) is 0 Å². The first-order valence-electron chi connectivity index (χ1n) is 8.14. The topological polar surface area (TPSA) is 38.3 Å². The molecular formula is C19H23NO2. The minimum absolute atomic E-state index is 0.0216. The van der Waals surface area contributed by atoms with Crippen LogP contribution in [0.5, 0.6) is 5.75 Å². The van der Waals surface area contributed by atoms with Gasteiger partial charge in [0.05, 0.1) is 0 Å². The van der Waals surface area contributed by atoms with Gasteiger partial charge in [-0.3, -0.25) is 4.79 Å². The van der Waals surface area contributed by atoms with Gasteiger partial charge in [-0.15, -0.1) is 0 Å². The van der Waals surface area contributed by atoms with Crippen LogP contribution in [0.25, 0.3) is 10.8 Å². The first kappa shape index (κ1) is 14.9. The van der Waals surface area contributed by atoms with Gasteiger partial charge in [0, 0.05) is 11.4 Å².